The van der Waals surface area contributed by atoms with E-state index in [2.05, 4.69) is 207 Å². The maximum atomic E-state index is 2.41. The Labute approximate surface area is 305 Å². The summed E-state index contributed by atoms with van der Waals surface area (Å²) in [7, 11) is 0. The summed E-state index contributed by atoms with van der Waals surface area (Å²) >= 11 is 0. The van der Waals surface area contributed by atoms with Crippen LogP contribution in [0.25, 0.3) is 65.7 Å². The van der Waals surface area contributed by atoms with Crippen LogP contribution in [0.5, 0.6) is 0 Å². The molecule has 1 aliphatic carbocycles. The Kier molecular flexibility index (Phi) is 6.91. The van der Waals surface area contributed by atoms with Gasteiger partial charge in [-0.2, -0.15) is 0 Å². The first-order valence-electron chi connectivity index (χ1n) is 18.2. The lowest BCUT2D eigenvalue weighted by Crippen LogP contribution is -2.15. The minimum absolute atomic E-state index is 0.0336. The fourth-order valence-corrected chi connectivity index (χ4v) is 8.55. The first-order chi connectivity index (χ1) is 25.5. The lowest BCUT2D eigenvalue weighted by molar-refractivity contribution is 0.660. The van der Waals surface area contributed by atoms with Crippen molar-refractivity contribution in [1.82, 2.24) is 0 Å². The van der Waals surface area contributed by atoms with Crippen LogP contribution in [0.15, 0.2) is 188 Å². The molecule has 0 saturated carbocycles. The molecule has 0 atom stereocenters. The quantitative estimate of drug-likeness (QED) is 0.166. The molecule has 0 N–H and O–H groups in total. The average Bonchev–Trinajstić information content (AvgIpc) is 3.43. The van der Waals surface area contributed by atoms with Gasteiger partial charge in [-0.25, -0.2) is 0 Å². The predicted octanol–water partition coefficient (Wildman–Crippen LogP) is 14.3. The van der Waals surface area contributed by atoms with Crippen molar-refractivity contribution in [3.05, 3.63) is 199 Å². The number of hydrogen-bond acceptors (Lipinski definition) is 1. The Morgan fingerprint density at radius 2 is 0.942 bits per heavy atom. The summed E-state index contributed by atoms with van der Waals surface area (Å²) in [6.07, 6.45) is 0. The van der Waals surface area contributed by atoms with Crippen molar-refractivity contribution in [3.63, 3.8) is 0 Å². The second-order valence-electron chi connectivity index (χ2n) is 14.6. The van der Waals surface area contributed by atoms with E-state index in [1.165, 1.54) is 76.8 Å². The molecule has 0 fully saturated rings. The molecule has 246 valence electrons. The van der Waals surface area contributed by atoms with Crippen molar-refractivity contribution in [3.8, 4) is 33.4 Å². The van der Waals surface area contributed by atoms with Crippen LogP contribution in [-0.4, -0.2) is 0 Å². The zero-order chi connectivity index (χ0) is 34.8. The SMILES string of the molecule is CC1(C)c2ccccc2-c2cc(N(c3ccc(-c4ccc5cc(-c6ccccc6)c6ccccc6c5c4)cc3)c3ccc4ccccc4c3)ccc21. The van der Waals surface area contributed by atoms with Gasteiger partial charge in [0.15, 0.2) is 0 Å². The van der Waals surface area contributed by atoms with Crippen LogP contribution in [0.2, 0.25) is 0 Å². The van der Waals surface area contributed by atoms with Crippen LogP contribution < -0.4 is 4.90 Å². The standard InChI is InChI=1S/C51H37N/c1-51(2)49-19-11-10-18-45(49)48-33-42(28-29-50(48)51)52(41-27-24-34-12-6-7-15-37(34)30-41)40-25-22-35(23-26-40)38-20-21-39-32-46(36-13-4-3-5-14-36)43-16-8-9-17-44(43)47(39)31-38/h3-33H,1-2H3. The molecular formula is C51H37N. The van der Waals surface area contributed by atoms with Crippen molar-refractivity contribution in [1.29, 1.82) is 0 Å². The van der Waals surface area contributed by atoms with Gasteiger partial charge in [0.25, 0.3) is 0 Å². The third kappa shape index (κ3) is 4.85. The summed E-state index contributed by atoms with van der Waals surface area (Å²) in [5, 5.41) is 7.55. The average molecular weight is 664 g/mol. The molecule has 9 aromatic rings. The smallest absolute Gasteiger partial charge is 0.0468 e. The highest BCUT2D eigenvalue weighted by Crippen LogP contribution is 2.50. The van der Waals surface area contributed by atoms with Crippen molar-refractivity contribution < 1.29 is 0 Å². The lowest BCUT2D eigenvalue weighted by atomic mass is 9.82. The molecule has 1 nitrogen and oxygen atoms in total. The summed E-state index contributed by atoms with van der Waals surface area (Å²) in [5.74, 6) is 0. The van der Waals surface area contributed by atoms with Crippen LogP contribution in [-0.2, 0) is 5.41 Å². The molecule has 0 aromatic heterocycles. The van der Waals surface area contributed by atoms with E-state index in [1.807, 2.05) is 0 Å². The predicted molar refractivity (Wildman–Crippen MR) is 222 cm³/mol. The van der Waals surface area contributed by atoms with E-state index in [-0.39, 0.29) is 5.41 Å². The molecule has 0 amide bonds. The number of fused-ring (bicyclic) bond motifs is 7. The molecule has 0 saturated heterocycles. The van der Waals surface area contributed by atoms with E-state index >= 15 is 0 Å². The van der Waals surface area contributed by atoms with Gasteiger partial charge in [0.05, 0.1) is 0 Å². The maximum Gasteiger partial charge on any atom is 0.0468 e. The van der Waals surface area contributed by atoms with Crippen LogP contribution in [0.3, 0.4) is 0 Å². The van der Waals surface area contributed by atoms with Gasteiger partial charge in [-0.05, 0) is 125 Å². The molecule has 10 rings (SSSR count). The summed E-state index contributed by atoms with van der Waals surface area (Å²) in [6.45, 7) is 4.68. The van der Waals surface area contributed by atoms with Crippen LogP contribution in [0, 0.1) is 0 Å². The van der Waals surface area contributed by atoms with E-state index in [0.29, 0.717) is 0 Å². The summed E-state index contributed by atoms with van der Waals surface area (Å²) in [6, 6.07) is 69.2. The minimum Gasteiger partial charge on any atom is -0.310 e. The van der Waals surface area contributed by atoms with Gasteiger partial charge in [0, 0.05) is 22.5 Å². The third-order valence-electron chi connectivity index (χ3n) is 11.2. The van der Waals surface area contributed by atoms with Crippen molar-refractivity contribution in [2.24, 2.45) is 0 Å². The summed E-state index contributed by atoms with van der Waals surface area (Å²) in [5.41, 5.74) is 13.7. The van der Waals surface area contributed by atoms with E-state index in [9.17, 15) is 0 Å². The van der Waals surface area contributed by atoms with Crippen molar-refractivity contribution >= 4 is 49.4 Å². The minimum atomic E-state index is -0.0336. The van der Waals surface area contributed by atoms with Gasteiger partial charge >= 0.3 is 0 Å². The molecule has 1 aliphatic rings. The molecule has 0 radical (unpaired) electrons. The Morgan fingerprint density at radius 3 is 1.79 bits per heavy atom. The fourth-order valence-electron chi connectivity index (χ4n) is 8.55. The van der Waals surface area contributed by atoms with Gasteiger partial charge in [-0.3, -0.25) is 0 Å². The van der Waals surface area contributed by atoms with E-state index < -0.39 is 0 Å². The van der Waals surface area contributed by atoms with E-state index in [4.69, 9.17) is 0 Å². The Hall–Kier alpha value is -6.44. The number of rotatable bonds is 5. The molecule has 52 heavy (non-hydrogen) atoms. The molecule has 0 unspecified atom stereocenters. The normalized spacial score (nSPS) is 13.0. The van der Waals surface area contributed by atoms with Gasteiger partial charge in [-0.15, -0.1) is 0 Å². The van der Waals surface area contributed by atoms with Crippen molar-refractivity contribution in [2.75, 3.05) is 4.90 Å². The van der Waals surface area contributed by atoms with Crippen LogP contribution in [0.1, 0.15) is 25.0 Å². The molecule has 0 spiro atoms. The molecule has 0 bridgehead atoms. The van der Waals surface area contributed by atoms with Gasteiger partial charge in [0.2, 0.25) is 0 Å². The number of anilines is 3. The molecule has 9 aromatic carbocycles. The van der Waals surface area contributed by atoms with Gasteiger partial charge in [0.1, 0.15) is 0 Å². The summed E-state index contributed by atoms with van der Waals surface area (Å²) in [4.78, 5) is 2.41. The topological polar surface area (TPSA) is 3.24 Å². The highest BCUT2D eigenvalue weighted by molar-refractivity contribution is 6.14. The first kappa shape index (κ1) is 30.4. The number of hydrogen-bond donors (Lipinski definition) is 0. The Morgan fingerprint density at radius 1 is 0.327 bits per heavy atom. The Bertz CT molecular complexity index is 2810. The second kappa shape index (κ2) is 11.8. The second-order valence-corrected chi connectivity index (χ2v) is 14.6. The maximum absolute atomic E-state index is 2.41. The zero-order valence-electron chi connectivity index (χ0n) is 29.3. The lowest BCUT2D eigenvalue weighted by Gasteiger charge is -2.27. The third-order valence-corrected chi connectivity index (χ3v) is 11.2. The summed E-state index contributed by atoms with van der Waals surface area (Å²) < 4.78 is 0. The largest absolute Gasteiger partial charge is 0.310 e. The Balaban J connectivity index is 1.09. The van der Waals surface area contributed by atoms with Gasteiger partial charge < -0.3 is 4.90 Å². The van der Waals surface area contributed by atoms with Crippen LogP contribution in [0.4, 0.5) is 17.1 Å². The van der Waals surface area contributed by atoms with E-state index in [1.54, 1.807) is 0 Å². The highest BCUT2D eigenvalue weighted by atomic mass is 15.1. The van der Waals surface area contributed by atoms with Gasteiger partial charge in [-0.1, -0.05) is 153 Å². The monoisotopic (exact) mass is 663 g/mol. The molecule has 0 aliphatic heterocycles. The van der Waals surface area contributed by atoms with E-state index in [0.717, 1.165) is 17.1 Å². The molecular weight excluding hydrogens is 627 g/mol. The fraction of sp³-hybridized carbons (Fsp3) is 0.0588. The number of benzene rings is 9. The van der Waals surface area contributed by atoms with Crippen molar-refractivity contribution in [2.45, 2.75) is 19.3 Å². The number of nitrogens with zero attached hydrogens (tertiary/aromatic N) is 1. The first-order valence-corrected chi connectivity index (χ1v) is 18.2. The molecule has 1 heteroatoms. The highest BCUT2D eigenvalue weighted by Gasteiger charge is 2.35. The molecule has 0 heterocycles. The zero-order valence-corrected chi connectivity index (χ0v) is 29.3. The van der Waals surface area contributed by atoms with Crippen LogP contribution >= 0.6 is 0 Å².